The summed E-state index contributed by atoms with van der Waals surface area (Å²) in [5.41, 5.74) is 4.99. The lowest BCUT2D eigenvalue weighted by molar-refractivity contribution is -0.129. The van der Waals surface area contributed by atoms with E-state index in [4.69, 9.17) is 15.4 Å². The molecule has 0 aromatic carbocycles. The van der Waals surface area contributed by atoms with Crippen LogP contribution in [0.5, 0.6) is 0 Å². The van der Waals surface area contributed by atoms with E-state index in [0.717, 1.165) is 0 Å². The number of nitrogens with one attached hydrogen (secondary N) is 2. The van der Waals surface area contributed by atoms with Crippen molar-refractivity contribution in [2.75, 3.05) is 25.4 Å². The monoisotopic (exact) mass is 269 g/mol. The molecular weight excluding hydrogens is 254 g/mol. The van der Waals surface area contributed by atoms with E-state index in [1.165, 1.54) is 0 Å². The summed E-state index contributed by atoms with van der Waals surface area (Å²) in [6.45, 7) is -1.31. The summed E-state index contributed by atoms with van der Waals surface area (Å²) in [7, 11) is -4.16. The fourth-order valence-corrected chi connectivity index (χ4v) is 1.23. The Balaban J connectivity index is 4.13. The zero-order valence-corrected chi connectivity index (χ0v) is 9.74. The maximum Gasteiger partial charge on any atom is 0.266 e. The summed E-state index contributed by atoms with van der Waals surface area (Å²) in [4.78, 5) is 22.2. The Morgan fingerprint density at radius 3 is 2.35 bits per heavy atom. The Bertz CT molecular complexity index is 368. The van der Waals surface area contributed by atoms with Crippen molar-refractivity contribution in [3.05, 3.63) is 0 Å². The van der Waals surface area contributed by atoms with E-state index in [0.29, 0.717) is 0 Å². The van der Waals surface area contributed by atoms with Crippen molar-refractivity contribution in [1.82, 2.24) is 10.6 Å². The molecule has 0 aliphatic carbocycles. The third kappa shape index (κ3) is 7.63. The van der Waals surface area contributed by atoms with Crippen molar-refractivity contribution >= 4 is 21.9 Å². The van der Waals surface area contributed by atoms with E-state index in [1.807, 2.05) is 0 Å². The van der Waals surface area contributed by atoms with Crippen LogP contribution < -0.4 is 16.4 Å². The SMILES string of the molecule is NCC(=O)N[C@@H](CO)C(=O)NCCS(=O)(=O)O. The van der Waals surface area contributed by atoms with Crippen LogP contribution in [0.15, 0.2) is 0 Å². The third-order valence-electron chi connectivity index (χ3n) is 1.68. The van der Waals surface area contributed by atoms with E-state index in [-0.39, 0.29) is 13.1 Å². The van der Waals surface area contributed by atoms with Gasteiger partial charge in [0.2, 0.25) is 11.8 Å². The lowest BCUT2D eigenvalue weighted by atomic mass is 10.3. The molecule has 6 N–H and O–H groups in total. The van der Waals surface area contributed by atoms with Crippen LogP contribution in [0.4, 0.5) is 0 Å². The molecule has 0 rings (SSSR count). The highest BCUT2D eigenvalue weighted by Gasteiger charge is 2.19. The fraction of sp³-hybridized carbons (Fsp3) is 0.714. The molecule has 9 nitrogen and oxygen atoms in total. The number of aliphatic hydroxyl groups excluding tert-OH is 1. The molecule has 0 aromatic heterocycles. The minimum atomic E-state index is -4.16. The molecule has 0 spiro atoms. The summed E-state index contributed by atoms with van der Waals surface area (Å²) in [5.74, 6) is -2.05. The quantitative estimate of drug-likeness (QED) is 0.299. The Hall–Kier alpha value is -1.23. The van der Waals surface area contributed by atoms with Crippen LogP contribution in [0.2, 0.25) is 0 Å². The molecule has 17 heavy (non-hydrogen) atoms. The highest BCUT2D eigenvalue weighted by Crippen LogP contribution is 1.85. The van der Waals surface area contributed by atoms with Gasteiger partial charge in [-0.1, -0.05) is 0 Å². The van der Waals surface area contributed by atoms with Crippen LogP contribution in [0, 0.1) is 0 Å². The molecule has 2 amide bonds. The average molecular weight is 269 g/mol. The summed E-state index contributed by atoms with van der Waals surface area (Å²) in [6, 6.07) is -1.20. The molecule has 0 unspecified atom stereocenters. The zero-order valence-electron chi connectivity index (χ0n) is 8.92. The number of amides is 2. The number of hydrogen-bond acceptors (Lipinski definition) is 6. The van der Waals surface area contributed by atoms with E-state index in [1.54, 1.807) is 0 Å². The van der Waals surface area contributed by atoms with Gasteiger partial charge >= 0.3 is 0 Å². The number of aliphatic hydroxyl groups is 1. The second-order valence-electron chi connectivity index (χ2n) is 3.08. The van der Waals surface area contributed by atoms with Gasteiger partial charge in [0.05, 0.1) is 18.9 Å². The predicted molar refractivity (Wildman–Crippen MR) is 57.5 cm³/mol. The topological polar surface area (TPSA) is 159 Å². The third-order valence-corrected chi connectivity index (χ3v) is 2.40. The van der Waals surface area contributed by atoms with E-state index in [9.17, 15) is 18.0 Å². The maximum atomic E-state index is 11.3. The summed E-state index contributed by atoms with van der Waals surface area (Å²) < 4.78 is 29.1. The Labute approximate surface area is 98.1 Å². The van der Waals surface area contributed by atoms with Gasteiger partial charge < -0.3 is 21.5 Å². The minimum absolute atomic E-state index is 0.327. The first-order valence-corrected chi connectivity index (χ1v) is 6.24. The van der Waals surface area contributed by atoms with Gasteiger partial charge in [0.15, 0.2) is 0 Å². The lowest BCUT2D eigenvalue weighted by Crippen LogP contribution is -2.51. The molecule has 0 aromatic rings. The smallest absolute Gasteiger partial charge is 0.266 e. The van der Waals surface area contributed by atoms with Crippen LogP contribution in [0.3, 0.4) is 0 Å². The van der Waals surface area contributed by atoms with Crippen LogP contribution in [0.25, 0.3) is 0 Å². The van der Waals surface area contributed by atoms with Gasteiger partial charge in [-0.2, -0.15) is 8.42 Å². The molecule has 100 valence electrons. The van der Waals surface area contributed by atoms with Gasteiger partial charge in [0, 0.05) is 6.54 Å². The summed E-state index contributed by atoms with van der Waals surface area (Å²) in [5, 5.41) is 13.1. The lowest BCUT2D eigenvalue weighted by Gasteiger charge is -2.15. The van der Waals surface area contributed by atoms with Gasteiger partial charge in [-0.3, -0.25) is 14.1 Å². The average Bonchev–Trinajstić information content (AvgIpc) is 2.23. The number of nitrogens with two attached hydrogens (primary N) is 1. The van der Waals surface area contributed by atoms with Crippen LogP contribution in [0.1, 0.15) is 0 Å². The minimum Gasteiger partial charge on any atom is -0.394 e. The van der Waals surface area contributed by atoms with Crippen molar-refractivity contribution in [2.24, 2.45) is 5.73 Å². The molecule has 1 atom stereocenters. The number of hydrogen-bond donors (Lipinski definition) is 5. The van der Waals surface area contributed by atoms with E-state index in [2.05, 4.69) is 10.6 Å². The largest absolute Gasteiger partial charge is 0.394 e. The van der Waals surface area contributed by atoms with Crippen molar-refractivity contribution in [3.8, 4) is 0 Å². The Morgan fingerprint density at radius 2 is 1.94 bits per heavy atom. The van der Waals surface area contributed by atoms with Gasteiger partial charge in [-0.25, -0.2) is 0 Å². The van der Waals surface area contributed by atoms with Crippen molar-refractivity contribution in [3.63, 3.8) is 0 Å². The van der Waals surface area contributed by atoms with Crippen LogP contribution >= 0.6 is 0 Å². The molecule has 10 heteroatoms. The first-order valence-electron chi connectivity index (χ1n) is 4.63. The highest BCUT2D eigenvalue weighted by atomic mass is 32.2. The molecular formula is C7H15N3O6S. The van der Waals surface area contributed by atoms with E-state index >= 15 is 0 Å². The van der Waals surface area contributed by atoms with Crippen molar-refractivity contribution in [2.45, 2.75) is 6.04 Å². The van der Waals surface area contributed by atoms with Gasteiger partial charge in [-0.05, 0) is 0 Å². The normalized spacial score (nSPS) is 12.9. The molecule has 0 aliphatic heterocycles. The Morgan fingerprint density at radius 1 is 1.35 bits per heavy atom. The molecule has 0 heterocycles. The molecule has 0 bridgehead atoms. The fourth-order valence-electron chi connectivity index (χ4n) is 0.874. The predicted octanol–water partition coefficient (Wildman–Crippen LogP) is -3.57. The first-order chi connectivity index (χ1) is 7.80. The van der Waals surface area contributed by atoms with Gasteiger partial charge in [-0.15, -0.1) is 0 Å². The van der Waals surface area contributed by atoms with Crippen molar-refractivity contribution < 1.29 is 27.7 Å². The summed E-state index contributed by atoms with van der Waals surface area (Å²) in [6.07, 6.45) is 0. The molecule has 0 fully saturated rings. The van der Waals surface area contributed by atoms with Crippen molar-refractivity contribution in [1.29, 1.82) is 0 Å². The first kappa shape index (κ1) is 15.8. The standard InChI is InChI=1S/C7H15N3O6S/c8-3-6(12)10-5(4-11)7(13)9-1-2-17(14,15)16/h5,11H,1-4,8H2,(H,9,13)(H,10,12)(H,14,15,16)/t5-/m0/s1. The van der Waals surface area contributed by atoms with Crippen LogP contribution in [-0.4, -0.2) is 61.4 Å². The molecule has 0 aliphatic rings. The Kier molecular flexibility index (Phi) is 6.65. The van der Waals surface area contributed by atoms with E-state index < -0.39 is 40.3 Å². The highest BCUT2D eigenvalue weighted by molar-refractivity contribution is 7.85. The molecule has 0 saturated carbocycles. The number of rotatable bonds is 7. The molecule has 0 saturated heterocycles. The number of carbonyl (C=O) groups excluding carboxylic acids is 2. The maximum absolute atomic E-state index is 11.3. The van der Waals surface area contributed by atoms with Gasteiger partial charge in [0.25, 0.3) is 10.1 Å². The molecule has 0 radical (unpaired) electrons. The number of carbonyl (C=O) groups is 2. The zero-order chi connectivity index (χ0) is 13.5. The summed E-state index contributed by atoms with van der Waals surface area (Å²) >= 11 is 0. The second kappa shape index (κ2) is 7.17. The van der Waals surface area contributed by atoms with Crippen LogP contribution in [-0.2, 0) is 19.7 Å². The van der Waals surface area contributed by atoms with Gasteiger partial charge in [0.1, 0.15) is 6.04 Å². The second-order valence-corrected chi connectivity index (χ2v) is 4.66.